The molecule has 1 aromatic rings. The lowest BCUT2D eigenvalue weighted by Crippen LogP contribution is -2.09. The number of aliphatic hydroxyl groups excluding tert-OH is 1. The van der Waals surface area contributed by atoms with Crippen LogP contribution in [-0.2, 0) is 6.42 Å². The van der Waals surface area contributed by atoms with E-state index in [1.54, 1.807) is 0 Å². The molecule has 1 aromatic carbocycles. The van der Waals surface area contributed by atoms with E-state index in [4.69, 9.17) is 0 Å². The van der Waals surface area contributed by atoms with Crippen LogP contribution in [0.15, 0.2) is 21.1 Å². The molecule has 1 N–H and O–H groups in total. The maximum atomic E-state index is 9.77. The Morgan fingerprint density at radius 2 is 2.08 bits per heavy atom. The van der Waals surface area contributed by atoms with Gasteiger partial charge in [-0.05, 0) is 42.5 Å². The summed E-state index contributed by atoms with van der Waals surface area (Å²) < 4.78 is 2.13. The van der Waals surface area contributed by atoms with Crippen molar-refractivity contribution in [2.45, 2.75) is 25.4 Å². The second kappa shape index (κ2) is 3.71. The topological polar surface area (TPSA) is 20.2 Å². The number of hydrogen-bond acceptors (Lipinski definition) is 1. The molecule has 70 valence electrons. The average Bonchev–Trinajstić information content (AvgIpc) is 2.07. The molecule has 0 bridgehead atoms. The van der Waals surface area contributed by atoms with Gasteiger partial charge in [0.25, 0.3) is 0 Å². The summed E-state index contributed by atoms with van der Waals surface area (Å²) in [4.78, 5) is 0. The van der Waals surface area contributed by atoms with Crippen molar-refractivity contribution in [3.63, 3.8) is 0 Å². The summed E-state index contributed by atoms with van der Waals surface area (Å²) >= 11 is 6.95. The molecule has 1 aliphatic carbocycles. The van der Waals surface area contributed by atoms with E-state index >= 15 is 0 Å². The van der Waals surface area contributed by atoms with Crippen LogP contribution in [0, 0.1) is 0 Å². The quantitative estimate of drug-likeness (QED) is 0.777. The van der Waals surface area contributed by atoms with Gasteiger partial charge in [-0.25, -0.2) is 0 Å². The summed E-state index contributed by atoms with van der Waals surface area (Å²) in [5.41, 5.74) is 2.34. The van der Waals surface area contributed by atoms with Gasteiger partial charge in [-0.3, -0.25) is 0 Å². The number of hydrogen-bond donors (Lipinski definition) is 1. The molecule has 1 nitrogen and oxygen atoms in total. The fourth-order valence-electron chi connectivity index (χ4n) is 1.81. The fourth-order valence-corrected chi connectivity index (χ4v) is 3.27. The highest BCUT2D eigenvalue weighted by Gasteiger charge is 2.20. The Morgan fingerprint density at radius 3 is 2.85 bits per heavy atom. The zero-order chi connectivity index (χ0) is 9.42. The van der Waals surface area contributed by atoms with Crippen LogP contribution in [0.1, 0.15) is 30.1 Å². The van der Waals surface area contributed by atoms with Gasteiger partial charge in [0.15, 0.2) is 0 Å². The molecule has 0 heterocycles. The smallest absolute Gasteiger partial charge is 0.0793 e. The van der Waals surface area contributed by atoms with Gasteiger partial charge in [-0.15, -0.1) is 0 Å². The van der Waals surface area contributed by atoms with E-state index in [9.17, 15) is 5.11 Å². The standard InChI is InChI=1S/C10H10Br2O/c11-6-4-8-7(9(12)5-6)2-1-3-10(8)13/h4-5,10,13H,1-3H2. The Morgan fingerprint density at radius 1 is 1.31 bits per heavy atom. The van der Waals surface area contributed by atoms with E-state index < -0.39 is 0 Å². The predicted octanol–water partition coefficient (Wildman–Crippen LogP) is 3.58. The van der Waals surface area contributed by atoms with Crippen molar-refractivity contribution in [1.29, 1.82) is 0 Å². The lowest BCUT2D eigenvalue weighted by atomic mass is 9.90. The summed E-state index contributed by atoms with van der Waals surface area (Å²) in [6, 6.07) is 4.06. The van der Waals surface area contributed by atoms with E-state index in [0.717, 1.165) is 33.8 Å². The number of fused-ring (bicyclic) bond motifs is 1. The van der Waals surface area contributed by atoms with Crippen molar-refractivity contribution in [3.05, 3.63) is 32.2 Å². The van der Waals surface area contributed by atoms with Gasteiger partial charge in [-0.2, -0.15) is 0 Å². The van der Waals surface area contributed by atoms with E-state index in [0.29, 0.717) is 0 Å². The van der Waals surface area contributed by atoms with Gasteiger partial charge >= 0.3 is 0 Å². The molecule has 0 aliphatic heterocycles. The number of rotatable bonds is 0. The van der Waals surface area contributed by atoms with E-state index in [2.05, 4.69) is 31.9 Å². The minimum atomic E-state index is -0.280. The third-order valence-corrected chi connectivity index (χ3v) is 3.62. The van der Waals surface area contributed by atoms with Crippen molar-refractivity contribution >= 4 is 31.9 Å². The Hall–Kier alpha value is 0.140. The molecule has 0 radical (unpaired) electrons. The van der Waals surface area contributed by atoms with Crippen LogP contribution in [0.4, 0.5) is 0 Å². The van der Waals surface area contributed by atoms with Crippen molar-refractivity contribution in [2.75, 3.05) is 0 Å². The normalized spacial score (nSPS) is 21.3. The lowest BCUT2D eigenvalue weighted by molar-refractivity contribution is 0.156. The zero-order valence-electron chi connectivity index (χ0n) is 7.06. The van der Waals surface area contributed by atoms with Crippen molar-refractivity contribution in [3.8, 4) is 0 Å². The third kappa shape index (κ3) is 1.83. The Balaban J connectivity index is 2.56. The van der Waals surface area contributed by atoms with Crippen molar-refractivity contribution < 1.29 is 5.11 Å². The molecule has 0 spiro atoms. The molecule has 2 rings (SSSR count). The molecule has 0 aromatic heterocycles. The summed E-state index contributed by atoms with van der Waals surface area (Å²) in [6.07, 6.45) is 2.75. The van der Waals surface area contributed by atoms with Crippen molar-refractivity contribution in [2.24, 2.45) is 0 Å². The zero-order valence-corrected chi connectivity index (χ0v) is 10.2. The van der Waals surface area contributed by atoms with E-state index in [1.165, 1.54) is 5.56 Å². The summed E-state index contributed by atoms with van der Waals surface area (Å²) in [7, 11) is 0. The Kier molecular flexibility index (Phi) is 2.77. The minimum Gasteiger partial charge on any atom is -0.388 e. The first-order valence-electron chi connectivity index (χ1n) is 4.34. The van der Waals surface area contributed by atoms with Gasteiger partial charge in [0.1, 0.15) is 0 Å². The summed E-state index contributed by atoms with van der Waals surface area (Å²) in [5, 5.41) is 9.77. The number of aliphatic hydroxyl groups is 1. The first-order valence-corrected chi connectivity index (χ1v) is 5.93. The van der Waals surface area contributed by atoms with Gasteiger partial charge in [-0.1, -0.05) is 31.9 Å². The molecule has 1 aliphatic rings. The van der Waals surface area contributed by atoms with Gasteiger partial charge < -0.3 is 5.11 Å². The fraction of sp³-hybridized carbons (Fsp3) is 0.400. The second-order valence-corrected chi connectivity index (χ2v) is 5.13. The maximum Gasteiger partial charge on any atom is 0.0793 e. The van der Waals surface area contributed by atoms with Crippen LogP contribution in [0.2, 0.25) is 0 Å². The molecule has 0 fully saturated rings. The number of halogens is 2. The highest BCUT2D eigenvalue weighted by atomic mass is 79.9. The largest absolute Gasteiger partial charge is 0.388 e. The van der Waals surface area contributed by atoms with Crippen LogP contribution in [0.5, 0.6) is 0 Å². The summed E-state index contributed by atoms with van der Waals surface area (Å²) in [5.74, 6) is 0. The molecule has 0 saturated carbocycles. The lowest BCUT2D eigenvalue weighted by Gasteiger charge is -2.22. The molecule has 0 saturated heterocycles. The maximum absolute atomic E-state index is 9.77. The highest BCUT2D eigenvalue weighted by Crippen LogP contribution is 2.36. The predicted molar refractivity (Wildman–Crippen MR) is 59.7 cm³/mol. The van der Waals surface area contributed by atoms with Gasteiger partial charge in [0.2, 0.25) is 0 Å². The third-order valence-electron chi connectivity index (χ3n) is 2.46. The monoisotopic (exact) mass is 304 g/mol. The Labute approximate surface area is 94.4 Å². The van der Waals surface area contributed by atoms with Crippen LogP contribution < -0.4 is 0 Å². The second-order valence-electron chi connectivity index (χ2n) is 3.36. The SMILES string of the molecule is OC1CCCc2c(Br)cc(Br)cc21. The first kappa shape index (κ1) is 9.69. The van der Waals surface area contributed by atoms with E-state index in [1.807, 2.05) is 12.1 Å². The Bertz CT molecular complexity index is 336. The van der Waals surface area contributed by atoms with Crippen LogP contribution in [0.25, 0.3) is 0 Å². The molecule has 3 heteroatoms. The van der Waals surface area contributed by atoms with Crippen molar-refractivity contribution in [1.82, 2.24) is 0 Å². The number of benzene rings is 1. The van der Waals surface area contributed by atoms with Crippen LogP contribution >= 0.6 is 31.9 Å². The molecule has 1 unspecified atom stereocenters. The van der Waals surface area contributed by atoms with Crippen LogP contribution in [0.3, 0.4) is 0 Å². The molecule has 1 atom stereocenters. The first-order chi connectivity index (χ1) is 6.18. The molecule has 13 heavy (non-hydrogen) atoms. The van der Waals surface area contributed by atoms with Crippen LogP contribution in [-0.4, -0.2) is 5.11 Å². The molecular weight excluding hydrogens is 296 g/mol. The van der Waals surface area contributed by atoms with Gasteiger partial charge in [0.05, 0.1) is 6.10 Å². The van der Waals surface area contributed by atoms with Gasteiger partial charge in [0, 0.05) is 8.95 Å². The minimum absolute atomic E-state index is 0.280. The average molecular weight is 306 g/mol. The summed E-state index contributed by atoms with van der Waals surface area (Å²) in [6.45, 7) is 0. The molecular formula is C10H10Br2O. The highest BCUT2D eigenvalue weighted by molar-refractivity contribution is 9.11. The van der Waals surface area contributed by atoms with E-state index in [-0.39, 0.29) is 6.10 Å². The molecule has 0 amide bonds.